The summed E-state index contributed by atoms with van der Waals surface area (Å²) in [6, 6.07) is 11.4. The summed E-state index contributed by atoms with van der Waals surface area (Å²) in [5.41, 5.74) is 1.48. The predicted molar refractivity (Wildman–Crippen MR) is 121 cm³/mol. The van der Waals surface area contributed by atoms with Crippen LogP contribution in [-0.4, -0.2) is 28.1 Å². The van der Waals surface area contributed by atoms with Gasteiger partial charge in [-0.1, -0.05) is 6.08 Å². The molecule has 0 bridgehead atoms. The van der Waals surface area contributed by atoms with Crippen molar-refractivity contribution in [1.29, 1.82) is 0 Å². The molecule has 2 aromatic carbocycles. The number of phenolic OH excluding ortho intramolecular Hbond substituents is 1. The zero-order valence-corrected chi connectivity index (χ0v) is 18.5. The first-order valence-electron chi connectivity index (χ1n) is 9.22. The predicted octanol–water partition coefficient (Wildman–Crippen LogP) is 5.30. The molecule has 0 spiro atoms. The molecule has 158 valence electrons. The molecule has 30 heavy (non-hydrogen) atoms. The number of aromatic hydroxyl groups is 1. The first-order chi connectivity index (χ1) is 14.3. The summed E-state index contributed by atoms with van der Waals surface area (Å²) >= 11 is 2.10. The summed E-state index contributed by atoms with van der Waals surface area (Å²) in [6.07, 6.45) is 2.63. The van der Waals surface area contributed by atoms with Crippen LogP contribution in [0.4, 0.5) is 10.5 Å². The van der Waals surface area contributed by atoms with Gasteiger partial charge in [-0.2, -0.15) is 0 Å². The average Bonchev–Trinajstić information content (AvgIpc) is 2.69. The fourth-order valence-electron chi connectivity index (χ4n) is 2.73. The van der Waals surface area contributed by atoms with Crippen molar-refractivity contribution in [2.24, 2.45) is 0 Å². The SMILES string of the molecule is CC(=O)c1ccc(NC(=O)O[C@@H](CCC/C=C/C(=O)O)c2cc(I)ccc2O)cc1. The summed E-state index contributed by atoms with van der Waals surface area (Å²) in [5.74, 6) is -1.08. The molecule has 8 heteroatoms. The van der Waals surface area contributed by atoms with Crippen molar-refractivity contribution in [3.63, 3.8) is 0 Å². The zero-order chi connectivity index (χ0) is 22.1. The van der Waals surface area contributed by atoms with Crippen LogP contribution >= 0.6 is 22.6 Å². The minimum atomic E-state index is -1.02. The van der Waals surface area contributed by atoms with Gasteiger partial charge in [-0.15, -0.1) is 0 Å². The lowest BCUT2D eigenvalue weighted by Crippen LogP contribution is -2.18. The second kappa shape index (κ2) is 11.3. The van der Waals surface area contributed by atoms with Gasteiger partial charge in [0.1, 0.15) is 11.9 Å². The van der Waals surface area contributed by atoms with Gasteiger partial charge in [-0.05, 0) is 91.2 Å². The molecule has 0 fully saturated rings. The third-order valence-corrected chi connectivity index (χ3v) is 4.89. The van der Waals surface area contributed by atoms with E-state index in [-0.39, 0.29) is 11.5 Å². The molecule has 7 nitrogen and oxygen atoms in total. The first kappa shape index (κ1) is 23.4. The molecule has 2 rings (SSSR count). The van der Waals surface area contributed by atoms with Crippen LogP contribution in [0.5, 0.6) is 5.75 Å². The highest BCUT2D eigenvalue weighted by atomic mass is 127. The number of aliphatic carboxylic acids is 1. The van der Waals surface area contributed by atoms with E-state index in [2.05, 4.69) is 27.9 Å². The van der Waals surface area contributed by atoms with Gasteiger partial charge < -0.3 is 14.9 Å². The van der Waals surface area contributed by atoms with Crippen LogP contribution < -0.4 is 5.32 Å². The van der Waals surface area contributed by atoms with Gasteiger partial charge in [0.2, 0.25) is 0 Å². The molecule has 0 aliphatic rings. The van der Waals surface area contributed by atoms with Crippen molar-refractivity contribution in [1.82, 2.24) is 0 Å². The number of amides is 1. The Bertz CT molecular complexity index is 939. The Kier molecular flexibility index (Phi) is 8.85. The average molecular weight is 523 g/mol. The van der Waals surface area contributed by atoms with Crippen LogP contribution in [0.3, 0.4) is 0 Å². The van der Waals surface area contributed by atoms with E-state index in [1.807, 2.05) is 0 Å². The van der Waals surface area contributed by atoms with Crippen LogP contribution in [-0.2, 0) is 9.53 Å². The van der Waals surface area contributed by atoms with Gasteiger partial charge in [0.05, 0.1) is 0 Å². The Hall–Kier alpha value is -2.88. The van der Waals surface area contributed by atoms with Crippen LogP contribution in [0.2, 0.25) is 0 Å². The van der Waals surface area contributed by atoms with Gasteiger partial charge in [0.15, 0.2) is 5.78 Å². The largest absolute Gasteiger partial charge is 0.508 e. The standard InChI is InChI=1S/C22H22INO6/c1-14(25)15-7-10-17(11-8-15)24-22(29)30-20(5-3-2-4-6-21(27)28)18-13-16(23)9-12-19(18)26/h4,6-13,20,26H,2-3,5H2,1H3,(H,24,29)(H,27,28)/b6-4+/t20-/m0/s1. The molecular formula is C22H22INO6. The number of Topliss-reactive ketones (excluding diaryl/α,β-unsaturated/α-hetero) is 1. The van der Waals surface area contributed by atoms with E-state index in [1.54, 1.807) is 36.4 Å². The quantitative estimate of drug-likeness (QED) is 0.178. The Morgan fingerprint density at radius 2 is 1.87 bits per heavy atom. The second-order valence-corrected chi connectivity index (χ2v) is 7.77. The number of halogens is 1. The van der Waals surface area contributed by atoms with Gasteiger partial charge in [-0.3, -0.25) is 10.1 Å². The van der Waals surface area contributed by atoms with Crippen molar-refractivity contribution in [2.45, 2.75) is 32.3 Å². The molecule has 0 aliphatic carbocycles. The lowest BCUT2D eigenvalue weighted by molar-refractivity contribution is -0.131. The zero-order valence-electron chi connectivity index (χ0n) is 16.3. The number of unbranched alkanes of at least 4 members (excludes halogenated alkanes) is 1. The van der Waals surface area contributed by atoms with Crippen LogP contribution in [0.25, 0.3) is 0 Å². The van der Waals surface area contributed by atoms with E-state index in [9.17, 15) is 19.5 Å². The van der Waals surface area contributed by atoms with Gasteiger partial charge in [0, 0.05) is 26.5 Å². The number of benzene rings is 2. The number of allylic oxidation sites excluding steroid dienone is 1. The summed E-state index contributed by atoms with van der Waals surface area (Å²) in [4.78, 5) is 34.3. The van der Waals surface area contributed by atoms with E-state index in [0.29, 0.717) is 36.1 Å². The molecule has 0 heterocycles. The number of nitrogens with one attached hydrogen (secondary N) is 1. The topological polar surface area (TPSA) is 113 Å². The van der Waals surface area contributed by atoms with E-state index in [0.717, 1.165) is 9.65 Å². The molecule has 0 aromatic heterocycles. The molecule has 0 saturated heterocycles. The maximum atomic E-state index is 12.4. The number of carbonyl (C=O) groups is 3. The lowest BCUT2D eigenvalue weighted by atomic mass is 10.0. The summed E-state index contributed by atoms with van der Waals surface area (Å²) in [6.45, 7) is 1.46. The van der Waals surface area contributed by atoms with E-state index in [4.69, 9.17) is 9.84 Å². The number of ketones is 1. The Balaban J connectivity index is 2.09. The van der Waals surface area contributed by atoms with Crippen LogP contribution in [0.1, 0.15) is 48.2 Å². The van der Waals surface area contributed by atoms with Gasteiger partial charge in [-0.25, -0.2) is 9.59 Å². The highest BCUT2D eigenvalue weighted by Gasteiger charge is 2.20. The van der Waals surface area contributed by atoms with Gasteiger partial charge >= 0.3 is 12.1 Å². The van der Waals surface area contributed by atoms with Crippen molar-refractivity contribution in [3.8, 4) is 5.75 Å². The minimum absolute atomic E-state index is 0.0140. The number of phenols is 1. The fraction of sp³-hybridized carbons (Fsp3) is 0.227. The number of carboxylic acids is 1. The number of rotatable bonds is 9. The first-order valence-corrected chi connectivity index (χ1v) is 10.3. The van der Waals surface area contributed by atoms with Crippen LogP contribution in [0, 0.1) is 3.57 Å². The van der Waals surface area contributed by atoms with E-state index in [1.165, 1.54) is 19.1 Å². The second-order valence-electron chi connectivity index (χ2n) is 6.53. The molecule has 0 saturated carbocycles. The third kappa shape index (κ3) is 7.51. The fourth-order valence-corrected chi connectivity index (χ4v) is 3.25. The molecule has 0 unspecified atom stereocenters. The Labute approximate surface area is 187 Å². The summed E-state index contributed by atoms with van der Waals surface area (Å²) in [5, 5.41) is 21.5. The van der Waals surface area contributed by atoms with Crippen molar-refractivity contribution in [3.05, 3.63) is 69.3 Å². The summed E-state index contributed by atoms with van der Waals surface area (Å²) < 4.78 is 6.44. The smallest absolute Gasteiger partial charge is 0.412 e. The summed E-state index contributed by atoms with van der Waals surface area (Å²) in [7, 11) is 0. The van der Waals surface area contributed by atoms with Crippen molar-refractivity contribution >= 4 is 46.1 Å². The van der Waals surface area contributed by atoms with Gasteiger partial charge in [0.25, 0.3) is 0 Å². The highest BCUT2D eigenvalue weighted by Crippen LogP contribution is 2.32. The monoisotopic (exact) mass is 523 g/mol. The van der Waals surface area contributed by atoms with Crippen LogP contribution in [0.15, 0.2) is 54.6 Å². The number of carbonyl (C=O) groups excluding carboxylic acids is 2. The maximum absolute atomic E-state index is 12.4. The number of ether oxygens (including phenoxy) is 1. The van der Waals surface area contributed by atoms with Crippen molar-refractivity contribution < 1.29 is 29.3 Å². The molecule has 3 N–H and O–H groups in total. The number of carboxylic acid groups (broad SMARTS) is 1. The number of hydrogen-bond donors (Lipinski definition) is 3. The molecule has 1 atom stereocenters. The molecule has 1 amide bonds. The van der Waals surface area contributed by atoms with E-state index >= 15 is 0 Å². The number of hydrogen-bond acceptors (Lipinski definition) is 5. The Morgan fingerprint density at radius 3 is 2.50 bits per heavy atom. The minimum Gasteiger partial charge on any atom is -0.508 e. The Morgan fingerprint density at radius 1 is 1.17 bits per heavy atom. The normalized spacial score (nSPS) is 11.8. The maximum Gasteiger partial charge on any atom is 0.412 e. The van der Waals surface area contributed by atoms with Crippen molar-refractivity contribution in [2.75, 3.05) is 5.32 Å². The molecular weight excluding hydrogens is 501 g/mol. The molecule has 0 radical (unpaired) electrons. The molecule has 0 aliphatic heterocycles. The molecule has 2 aromatic rings. The lowest BCUT2D eigenvalue weighted by Gasteiger charge is -2.20. The van der Waals surface area contributed by atoms with E-state index < -0.39 is 18.2 Å². The third-order valence-electron chi connectivity index (χ3n) is 4.22. The highest BCUT2D eigenvalue weighted by molar-refractivity contribution is 14.1. The number of anilines is 1.